The van der Waals surface area contributed by atoms with Gasteiger partial charge in [0.2, 0.25) is 11.8 Å². The third kappa shape index (κ3) is 4.73. The number of likely N-dealkylation sites (tertiary alicyclic amines) is 1. The van der Waals surface area contributed by atoms with Crippen molar-refractivity contribution in [3.63, 3.8) is 0 Å². The van der Waals surface area contributed by atoms with Gasteiger partial charge in [0.15, 0.2) is 0 Å². The van der Waals surface area contributed by atoms with Crippen LogP contribution in [0.3, 0.4) is 0 Å². The quantitative estimate of drug-likeness (QED) is 0.349. The van der Waals surface area contributed by atoms with Crippen LogP contribution in [0, 0.1) is 11.8 Å². The Labute approximate surface area is 259 Å². The van der Waals surface area contributed by atoms with E-state index in [1.807, 2.05) is 85.8 Å². The second-order valence-electron chi connectivity index (χ2n) is 12.2. The summed E-state index contributed by atoms with van der Waals surface area (Å²) in [5, 5.41) is 9.50. The van der Waals surface area contributed by atoms with Crippen LogP contribution < -0.4 is 14.7 Å². The number of hydrogen-bond donors (Lipinski definition) is 1. The Morgan fingerprint density at radius 3 is 2.11 bits per heavy atom. The van der Waals surface area contributed by atoms with Crippen molar-refractivity contribution < 1.29 is 24.2 Å². The summed E-state index contributed by atoms with van der Waals surface area (Å²) in [6, 6.07) is 16.5. The monoisotopic (exact) mass is 598 g/mol. The van der Waals surface area contributed by atoms with Gasteiger partial charge in [-0.05, 0) is 70.0 Å². The zero-order valence-corrected chi connectivity index (χ0v) is 25.8. The number of hydrogen-bond acceptors (Lipinski definition) is 6. The lowest BCUT2D eigenvalue weighted by atomic mass is 9.74. The predicted molar refractivity (Wildman–Crippen MR) is 170 cm³/mol. The molecule has 0 aliphatic carbocycles. The van der Waals surface area contributed by atoms with Crippen LogP contribution in [-0.2, 0) is 19.1 Å². The number of unbranched alkanes of at least 4 members (excludes halogenated alkanes) is 1. The average Bonchev–Trinajstić information content (AvgIpc) is 3.29. The molecular weight excluding hydrogens is 556 g/mol. The molecule has 5 atom stereocenters. The first-order chi connectivity index (χ1) is 21.3. The number of benzene rings is 2. The molecule has 0 bridgehead atoms. The fraction of sp³-hybridized carbons (Fsp3) is 0.457. The standard InChI is InChI=1S/C35H42N4O5/c1-4-36(5-2)25-15-17-27(18-16-25)38-23-12-20-35-29(32(42)39(21-9-10-24-40)30(35)33(38)43)28-31(41)37(26-13-7-6-8-14-26)22-11-19-34(28,3)44-35/h6-8,11-20,28-30,40H,4-5,9-10,21-24H2,1-3H3/t28-,29-,30?,34+,35-/m0/s1. The number of aliphatic hydroxyl groups excluding tert-OH is 1. The van der Waals surface area contributed by atoms with Gasteiger partial charge in [0.05, 0.1) is 17.4 Å². The molecule has 0 radical (unpaired) electrons. The fourth-order valence-corrected chi connectivity index (χ4v) is 7.66. The summed E-state index contributed by atoms with van der Waals surface area (Å²) < 4.78 is 6.94. The van der Waals surface area contributed by atoms with Gasteiger partial charge in [0, 0.05) is 56.4 Å². The molecule has 4 aliphatic rings. The van der Waals surface area contributed by atoms with Crippen molar-refractivity contribution in [2.45, 2.75) is 50.9 Å². The predicted octanol–water partition coefficient (Wildman–Crippen LogP) is 3.78. The number of carbonyl (C=O) groups is 3. The number of aliphatic hydroxyl groups is 1. The van der Waals surface area contributed by atoms with Gasteiger partial charge < -0.3 is 29.4 Å². The van der Waals surface area contributed by atoms with Gasteiger partial charge in [-0.1, -0.05) is 42.5 Å². The average molecular weight is 599 g/mol. The van der Waals surface area contributed by atoms with E-state index in [-0.39, 0.29) is 30.9 Å². The number of rotatable bonds is 9. The summed E-state index contributed by atoms with van der Waals surface area (Å²) >= 11 is 0. The van der Waals surface area contributed by atoms with Gasteiger partial charge in [-0.15, -0.1) is 0 Å². The summed E-state index contributed by atoms with van der Waals surface area (Å²) in [5.41, 5.74) is 0.170. The molecule has 3 amide bonds. The fourth-order valence-electron chi connectivity index (χ4n) is 7.66. The number of amides is 3. The topological polar surface area (TPSA) is 93.6 Å². The van der Waals surface area contributed by atoms with Crippen molar-refractivity contribution >= 4 is 34.8 Å². The van der Waals surface area contributed by atoms with Gasteiger partial charge >= 0.3 is 0 Å². The molecule has 44 heavy (non-hydrogen) atoms. The maximum atomic E-state index is 14.7. The highest BCUT2D eigenvalue weighted by Crippen LogP contribution is 2.57. The number of ether oxygens (including phenoxy) is 1. The van der Waals surface area contributed by atoms with Crippen LogP contribution in [0.1, 0.15) is 33.6 Å². The molecule has 2 aromatic rings. The summed E-state index contributed by atoms with van der Waals surface area (Å²) in [5.74, 6) is -2.38. The van der Waals surface area contributed by atoms with E-state index in [0.29, 0.717) is 25.9 Å². The first-order valence-corrected chi connectivity index (χ1v) is 15.8. The Morgan fingerprint density at radius 2 is 1.45 bits per heavy atom. The first kappa shape index (κ1) is 30.1. The van der Waals surface area contributed by atoms with Gasteiger partial charge in [-0.25, -0.2) is 0 Å². The minimum Gasteiger partial charge on any atom is -0.396 e. The van der Waals surface area contributed by atoms with E-state index in [1.54, 1.807) is 14.7 Å². The third-order valence-corrected chi connectivity index (χ3v) is 9.72. The smallest absolute Gasteiger partial charge is 0.253 e. The van der Waals surface area contributed by atoms with E-state index < -0.39 is 29.1 Å². The number of anilines is 3. The van der Waals surface area contributed by atoms with E-state index in [4.69, 9.17) is 4.74 Å². The van der Waals surface area contributed by atoms with Crippen molar-refractivity contribution in [3.8, 4) is 0 Å². The molecule has 2 aromatic carbocycles. The molecule has 0 aromatic heterocycles. The highest BCUT2D eigenvalue weighted by atomic mass is 16.5. The number of nitrogens with zero attached hydrogens (tertiary/aromatic N) is 4. The van der Waals surface area contributed by atoms with Gasteiger partial charge in [0.25, 0.3) is 5.91 Å². The lowest BCUT2D eigenvalue weighted by Gasteiger charge is -2.37. The molecule has 4 aliphatic heterocycles. The van der Waals surface area contributed by atoms with Crippen molar-refractivity contribution in [2.24, 2.45) is 11.8 Å². The van der Waals surface area contributed by atoms with Crippen LogP contribution >= 0.6 is 0 Å². The Bertz CT molecular complexity index is 1460. The molecule has 1 unspecified atom stereocenters. The van der Waals surface area contributed by atoms with Crippen LogP contribution in [-0.4, -0.2) is 84.3 Å². The maximum absolute atomic E-state index is 14.7. The van der Waals surface area contributed by atoms with Crippen molar-refractivity contribution in [1.29, 1.82) is 0 Å². The molecule has 232 valence electrons. The summed E-state index contributed by atoms with van der Waals surface area (Å²) in [7, 11) is 0. The molecule has 9 nitrogen and oxygen atoms in total. The molecule has 4 heterocycles. The van der Waals surface area contributed by atoms with Gasteiger partial charge in [-0.2, -0.15) is 0 Å². The van der Waals surface area contributed by atoms with Crippen LogP contribution in [0.2, 0.25) is 0 Å². The molecule has 2 fully saturated rings. The molecular formula is C35H42N4O5. The lowest BCUT2D eigenvalue weighted by Crippen LogP contribution is -2.56. The summed E-state index contributed by atoms with van der Waals surface area (Å²) in [4.78, 5) is 50.9. The van der Waals surface area contributed by atoms with E-state index >= 15 is 0 Å². The second-order valence-corrected chi connectivity index (χ2v) is 12.2. The lowest BCUT2D eigenvalue weighted by molar-refractivity contribution is -0.144. The zero-order valence-electron chi connectivity index (χ0n) is 25.8. The Morgan fingerprint density at radius 1 is 0.818 bits per heavy atom. The number of para-hydroxylation sites is 1. The number of fused-ring (bicyclic) bond motifs is 2. The first-order valence-electron chi connectivity index (χ1n) is 15.8. The highest BCUT2D eigenvalue weighted by Gasteiger charge is 2.74. The second kappa shape index (κ2) is 11.9. The van der Waals surface area contributed by atoms with Crippen molar-refractivity contribution in [3.05, 3.63) is 78.9 Å². The minimum atomic E-state index is -1.32. The van der Waals surface area contributed by atoms with E-state index in [2.05, 4.69) is 18.7 Å². The van der Waals surface area contributed by atoms with Crippen LogP contribution in [0.15, 0.2) is 78.9 Å². The molecule has 2 saturated heterocycles. The van der Waals surface area contributed by atoms with Gasteiger partial charge in [0.1, 0.15) is 11.6 Å². The van der Waals surface area contributed by atoms with E-state index in [0.717, 1.165) is 30.2 Å². The van der Waals surface area contributed by atoms with Crippen molar-refractivity contribution in [1.82, 2.24) is 4.90 Å². The largest absolute Gasteiger partial charge is 0.396 e. The minimum absolute atomic E-state index is 0.00730. The Balaban J connectivity index is 1.41. The molecule has 1 N–H and O–H groups in total. The highest BCUT2D eigenvalue weighted by molar-refractivity contribution is 6.07. The molecule has 6 rings (SSSR count). The van der Waals surface area contributed by atoms with Crippen LogP contribution in [0.4, 0.5) is 17.1 Å². The third-order valence-electron chi connectivity index (χ3n) is 9.72. The van der Waals surface area contributed by atoms with Crippen LogP contribution in [0.5, 0.6) is 0 Å². The normalized spacial score (nSPS) is 29.4. The molecule has 0 saturated carbocycles. The van der Waals surface area contributed by atoms with Crippen molar-refractivity contribution in [2.75, 3.05) is 54.0 Å². The zero-order chi connectivity index (χ0) is 31.1. The van der Waals surface area contributed by atoms with E-state index in [9.17, 15) is 19.5 Å². The SMILES string of the molecule is CCN(CC)c1ccc(N2CC=C[C@]34O[C@]5(C)C=CCN(c6ccccc6)C(=O)[C@@H]5[C@H]3C(=O)N(CCCCO)C4C2=O)cc1. The van der Waals surface area contributed by atoms with Crippen LogP contribution in [0.25, 0.3) is 0 Å². The van der Waals surface area contributed by atoms with Gasteiger partial charge in [-0.3, -0.25) is 14.4 Å². The summed E-state index contributed by atoms with van der Waals surface area (Å²) in [6.07, 6.45) is 8.64. The molecule has 9 heteroatoms. The van der Waals surface area contributed by atoms with E-state index in [1.165, 1.54) is 0 Å². The Kier molecular flexibility index (Phi) is 8.11. The molecule has 1 spiro atoms. The number of carbonyl (C=O) groups excluding carboxylic acids is 3. The summed E-state index contributed by atoms with van der Waals surface area (Å²) in [6.45, 7) is 8.80. The maximum Gasteiger partial charge on any atom is 0.253 e. The Hall–Kier alpha value is -3.95.